The molecule has 0 spiro atoms. The van der Waals surface area contributed by atoms with E-state index in [1.807, 2.05) is 0 Å². The summed E-state index contributed by atoms with van der Waals surface area (Å²) in [6, 6.07) is -0.982. The summed E-state index contributed by atoms with van der Waals surface area (Å²) in [5, 5.41) is 17.8. The number of rotatable bonds is 5. The van der Waals surface area contributed by atoms with E-state index in [9.17, 15) is 9.59 Å². The third-order valence-corrected chi connectivity index (χ3v) is 2.27. The summed E-state index contributed by atoms with van der Waals surface area (Å²) >= 11 is 0. The number of hydrogen-bond acceptors (Lipinski definition) is 4. The maximum atomic E-state index is 11.5. The SMILES string of the molecule is CC(C)(C)OC(=O)NC(CCc1cn[nH]c1)C(=O)O. The van der Waals surface area contributed by atoms with Crippen molar-refractivity contribution >= 4 is 12.1 Å². The fraction of sp³-hybridized carbons (Fsp3) is 0.583. The molecule has 0 aliphatic heterocycles. The molecule has 0 radical (unpaired) electrons. The minimum atomic E-state index is -1.09. The number of aryl methyl sites for hydroxylation is 1. The van der Waals surface area contributed by atoms with Gasteiger partial charge in [0.05, 0.1) is 6.20 Å². The first-order valence-corrected chi connectivity index (χ1v) is 5.98. The summed E-state index contributed by atoms with van der Waals surface area (Å²) in [6.07, 6.45) is 3.35. The molecular weight excluding hydrogens is 250 g/mol. The minimum Gasteiger partial charge on any atom is -0.480 e. The number of alkyl carbamates (subject to hydrolysis) is 1. The molecule has 7 heteroatoms. The van der Waals surface area contributed by atoms with Crippen molar-refractivity contribution < 1.29 is 19.4 Å². The van der Waals surface area contributed by atoms with E-state index in [1.54, 1.807) is 33.2 Å². The summed E-state index contributed by atoms with van der Waals surface area (Å²) in [6.45, 7) is 5.15. The Morgan fingerprint density at radius 3 is 2.68 bits per heavy atom. The van der Waals surface area contributed by atoms with Gasteiger partial charge in [0.2, 0.25) is 0 Å². The highest BCUT2D eigenvalue weighted by Crippen LogP contribution is 2.08. The summed E-state index contributed by atoms with van der Waals surface area (Å²) in [5.41, 5.74) is 0.231. The van der Waals surface area contributed by atoms with E-state index in [0.717, 1.165) is 5.56 Å². The Kier molecular flexibility index (Phi) is 4.91. The van der Waals surface area contributed by atoms with Crippen LogP contribution in [0.4, 0.5) is 4.79 Å². The molecule has 0 fully saturated rings. The van der Waals surface area contributed by atoms with Crippen molar-refractivity contribution in [3.63, 3.8) is 0 Å². The first-order valence-electron chi connectivity index (χ1n) is 5.98. The molecule has 1 rings (SSSR count). The van der Waals surface area contributed by atoms with Crippen LogP contribution in [-0.2, 0) is 16.0 Å². The van der Waals surface area contributed by atoms with Crippen molar-refractivity contribution in [2.24, 2.45) is 0 Å². The van der Waals surface area contributed by atoms with Crippen molar-refractivity contribution in [3.05, 3.63) is 18.0 Å². The molecular formula is C12H19N3O4. The van der Waals surface area contributed by atoms with Gasteiger partial charge in [-0.15, -0.1) is 0 Å². The number of carboxylic acid groups (broad SMARTS) is 1. The van der Waals surface area contributed by atoms with Gasteiger partial charge in [0.1, 0.15) is 11.6 Å². The number of ether oxygens (including phenoxy) is 1. The smallest absolute Gasteiger partial charge is 0.408 e. The van der Waals surface area contributed by atoms with Crippen LogP contribution in [0.15, 0.2) is 12.4 Å². The molecule has 106 valence electrons. The third kappa shape index (κ3) is 5.89. The van der Waals surface area contributed by atoms with Gasteiger partial charge in [-0.05, 0) is 39.2 Å². The maximum Gasteiger partial charge on any atom is 0.408 e. The lowest BCUT2D eigenvalue weighted by Gasteiger charge is -2.21. The predicted octanol–water partition coefficient (Wildman–Crippen LogP) is 1.32. The lowest BCUT2D eigenvalue weighted by Crippen LogP contribution is -2.43. The van der Waals surface area contributed by atoms with Crippen LogP contribution in [0.25, 0.3) is 0 Å². The van der Waals surface area contributed by atoms with Crippen molar-refractivity contribution in [1.29, 1.82) is 0 Å². The van der Waals surface area contributed by atoms with Crippen LogP contribution in [0, 0.1) is 0 Å². The summed E-state index contributed by atoms with van der Waals surface area (Å²) in [4.78, 5) is 22.6. The second kappa shape index (κ2) is 6.21. The van der Waals surface area contributed by atoms with Crippen LogP contribution >= 0.6 is 0 Å². The monoisotopic (exact) mass is 269 g/mol. The zero-order chi connectivity index (χ0) is 14.5. The van der Waals surface area contributed by atoms with Crippen molar-refractivity contribution in [2.75, 3.05) is 0 Å². The van der Waals surface area contributed by atoms with Gasteiger partial charge in [-0.1, -0.05) is 0 Å². The molecule has 0 aromatic carbocycles. The number of nitrogens with zero attached hydrogens (tertiary/aromatic N) is 1. The molecule has 3 N–H and O–H groups in total. The van der Waals surface area contributed by atoms with Gasteiger partial charge in [0, 0.05) is 6.20 Å². The highest BCUT2D eigenvalue weighted by Gasteiger charge is 2.23. The normalized spacial score (nSPS) is 12.8. The van der Waals surface area contributed by atoms with Crippen LogP contribution in [-0.4, -0.2) is 39.0 Å². The number of aromatic amines is 1. The lowest BCUT2D eigenvalue weighted by atomic mass is 10.1. The van der Waals surface area contributed by atoms with Gasteiger partial charge < -0.3 is 15.2 Å². The highest BCUT2D eigenvalue weighted by atomic mass is 16.6. The van der Waals surface area contributed by atoms with E-state index in [-0.39, 0.29) is 6.42 Å². The Balaban J connectivity index is 2.49. The van der Waals surface area contributed by atoms with E-state index in [2.05, 4.69) is 15.5 Å². The number of carbonyl (C=O) groups excluding carboxylic acids is 1. The fourth-order valence-electron chi connectivity index (χ4n) is 1.43. The summed E-state index contributed by atoms with van der Waals surface area (Å²) in [7, 11) is 0. The average molecular weight is 269 g/mol. The topological polar surface area (TPSA) is 104 Å². The van der Waals surface area contributed by atoms with Crippen molar-refractivity contribution in [1.82, 2.24) is 15.5 Å². The van der Waals surface area contributed by atoms with E-state index in [1.165, 1.54) is 0 Å². The van der Waals surface area contributed by atoms with Crippen molar-refractivity contribution in [2.45, 2.75) is 45.3 Å². The Bertz CT molecular complexity index is 423. The summed E-state index contributed by atoms with van der Waals surface area (Å²) < 4.78 is 5.02. The Labute approximate surface area is 111 Å². The highest BCUT2D eigenvalue weighted by molar-refractivity contribution is 5.80. The third-order valence-electron chi connectivity index (χ3n) is 2.27. The largest absolute Gasteiger partial charge is 0.480 e. The Morgan fingerprint density at radius 2 is 2.21 bits per heavy atom. The van der Waals surface area contributed by atoms with Crippen molar-refractivity contribution in [3.8, 4) is 0 Å². The van der Waals surface area contributed by atoms with Gasteiger partial charge in [0.15, 0.2) is 0 Å². The zero-order valence-corrected chi connectivity index (χ0v) is 11.3. The van der Waals surface area contributed by atoms with Gasteiger partial charge in [-0.25, -0.2) is 9.59 Å². The summed E-state index contributed by atoms with van der Waals surface area (Å²) in [5.74, 6) is -1.09. The Morgan fingerprint density at radius 1 is 1.53 bits per heavy atom. The molecule has 0 saturated heterocycles. The van der Waals surface area contributed by atoms with Gasteiger partial charge >= 0.3 is 12.1 Å². The van der Waals surface area contributed by atoms with E-state index in [0.29, 0.717) is 6.42 Å². The van der Waals surface area contributed by atoms with Crippen LogP contribution in [0.2, 0.25) is 0 Å². The number of H-pyrrole nitrogens is 1. The van der Waals surface area contributed by atoms with E-state index in [4.69, 9.17) is 9.84 Å². The molecule has 1 atom stereocenters. The number of nitrogens with one attached hydrogen (secondary N) is 2. The molecule has 1 unspecified atom stereocenters. The molecule has 1 amide bonds. The van der Waals surface area contributed by atoms with E-state index < -0.39 is 23.7 Å². The molecule has 0 saturated carbocycles. The van der Waals surface area contributed by atoms with E-state index >= 15 is 0 Å². The fourth-order valence-corrected chi connectivity index (χ4v) is 1.43. The van der Waals surface area contributed by atoms with Crippen LogP contribution in [0.5, 0.6) is 0 Å². The second-order valence-corrected chi connectivity index (χ2v) is 5.18. The van der Waals surface area contributed by atoms with Crippen LogP contribution in [0.3, 0.4) is 0 Å². The van der Waals surface area contributed by atoms with Crippen LogP contribution in [0.1, 0.15) is 32.8 Å². The van der Waals surface area contributed by atoms with Gasteiger partial charge in [-0.2, -0.15) is 5.10 Å². The maximum absolute atomic E-state index is 11.5. The number of amides is 1. The van der Waals surface area contributed by atoms with Crippen LogP contribution < -0.4 is 5.32 Å². The zero-order valence-electron chi connectivity index (χ0n) is 11.3. The number of aliphatic carboxylic acids is 1. The molecule has 0 aliphatic carbocycles. The molecule has 1 aromatic rings. The van der Waals surface area contributed by atoms with Gasteiger partial charge in [0.25, 0.3) is 0 Å². The predicted molar refractivity (Wildman–Crippen MR) is 67.7 cm³/mol. The number of carbonyl (C=O) groups is 2. The molecule has 7 nitrogen and oxygen atoms in total. The number of aromatic nitrogens is 2. The average Bonchev–Trinajstić information content (AvgIpc) is 2.73. The minimum absolute atomic E-state index is 0.272. The first kappa shape index (κ1) is 15.0. The Hall–Kier alpha value is -2.05. The lowest BCUT2D eigenvalue weighted by molar-refractivity contribution is -0.139. The number of hydrogen-bond donors (Lipinski definition) is 3. The quantitative estimate of drug-likeness (QED) is 0.747. The number of carboxylic acids is 1. The molecule has 1 aromatic heterocycles. The molecule has 1 heterocycles. The van der Waals surface area contributed by atoms with Gasteiger partial charge in [-0.3, -0.25) is 5.10 Å². The standard InChI is InChI=1S/C12H19N3O4/c1-12(2,3)19-11(18)15-9(10(16)17)5-4-8-6-13-14-7-8/h6-7,9H,4-5H2,1-3H3,(H,13,14)(H,15,18)(H,16,17). The molecule has 0 aliphatic rings. The first-order chi connectivity index (χ1) is 8.78. The second-order valence-electron chi connectivity index (χ2n) is 5.18. The molecule has 19 heavy (non-hydrogen) atoms. The molecule has 0 bridgehead atoms.